The van der Waals surface area contributed by atoms with E-state index in [4.69, 9.17) is 5.73 Å². The molecule has 0 saturated carbocycles. The second kappa shape index (κ2) is 4.27. The van der Waals surface area contributed by atoms with E-state index in [1.807, 2.05) is 13.0 Å². The van der Waals surface area contributed by atoms with Crippen LogP contribution in [0.15, 0.2) is 16.8 Å². The number of ether oxygens (including phenoxy) is 1. The van der Waals surface area contributed by atoms with Crippen LogP contribution in [-0.2, 0) is 4.74 Å². The van der Waals surface area contributed by atoms with Gasteiger partial charge in [-0.25, -0.2) is 4.79 Å². The minimum atomic E-state index is -0.373. The Balaban J connectivity index is 2.46. The van der Waals surface area contributed by atoms with Crippen LogP contribution in [0.3, 0.4) is 0 Å². The molecule has 0 fully saturated rings. The van der Waals surface area contributed by atoms with E-state index in [2.05, 4.69) is 15.5 Å². The van der Waals surface area contributed by atoms with E-state index in [1.54, 1.807) is 11.3 Å². The van der Waals surface area contributed by atoms with Crippen molar-refractivity contribution in [3.8, 4) is 10.4 Å². The number of hydrogen-bond donors (Lipinski definition) is 1. The van der Waals surface area contributed by atoms with Crippen LogP contribution in [0.5, 0.6) is 0 Å². The number of nitrogen functional groups attached to an aromatic ring is 1. The molecule has 3 nitrogen and oxygen atoms in total. The standard InChI is InChI=1S/C11H11NO2S2/c1-6-4-15-5-7(6)9-3-8(12)10(16-9)11(13)14-2/h3-5H,12H2,1-2H3. The van der Waals surface area contributed by atoms with Gasteiger partial charge in [0.2, 0.25) is 0 Å². The highest BCUT2D eigenvalue weighted by atomic mass is 32.1. The van der Waals surface area contributed by atoms with Crippen LogP contribution in [0.2, 0.25) is 0 Å². The Hall–Kier alpha value is -1.33. The molecule has 2 aromatic rings. The average Bonchev–Trinajstić information content (AvgIpc) is 2.83. The number of carbonyl (C=O) groups excluding carboxylic acids is 1. The van der Waals surface area contributed by atoms with Gasteiger partial charge in [-0.1, -0.05) is 0 Å². The fourth-order valence-corrected chi connectivity index (χ4v) is 3.40. The number of thiophene rings is 2. The smallest absolute Gasteiger partial charge is 0.350 e. The highest BCUT2D eigenvalue weighted by Gasteiger charge is 2.16. The van der Waals surface area contributed by atoms with Crippen molar-refractivity contribution in [2.45, 2.75) is 6.92 Å². The van der Waals surface area contributed by atoms with Crippen LogP contribution in [0, 0.1) is 6.92 Å². The fraction of sp³-hybridized carbons (Fsp3) is 0.182. The molecule has 84 valence electrons. The summed E-state index contributed by atoms with van der Waals surface area (Å²) in [6.45, 7) is 2.04. The van der Waals surface area contributed by atoms with Gasteiger partial charge in [0.15, 0.2) is 0 Å². The second-order valence-corrected chi connectivity index (χ2v) is 5.15. The first kappa shape index (κ1) is 11.2. The topological polar surface area (TPSA) is 52.3 Å². The van der Waals surface area contributed by atoms with Gasteiger partial charge in [-0.2, -0.15) is 11.3 Å². The van der Waals surface area contributed by atoms with E-state index in [9.17, 15) is 4.79 Å². The van der Waals surface area contributed by atoms with Gasteiger partial charge < -0.3 is 10.5 Å². The Morgan fingerprint density at radius 1 is 1.44 bits per heavy atom. The number of methoxy groups -OCH3 is 1. The van der Waals surface area contributed by atoms with Gasteiger partial charge in [0.05, 0.1) is 12.8 Å². The van der Waals surface area contributed by atoms with Crippen molar-refractivity contribution in [2.75, 3.05) is 12.8 Å². The van der Waals surface area contributed by atoms with Gasteiger partial charge in [0.1, 0.15) is 4.88 Å². The summed E-state index contributed by atoms with van der Waals surface area (Å²) in [6.07, 6.45) is 0. The van der Waals surface area contributed by atoms with Crippen molar-refractivity contribution < 1.29 is 9.53 Å². The molecule has 0 bridgehead atoms. The van der Waals surface area contributed by atoms with Gasteiger partial charge in [-0.05, 0) is 29.3 Å². The van der Waals surface area contributed by atoms with Crippen LogP contribution >= 0.6 is 22.7 Å². The fourth-order valence-electron chi connectivity index (χ4n) is 1.40. The van der Waals surface area contributed by atoms with Crippen molar-refractivity contribution >= 4 is 34.3 Å². The lowest BCUT2D eigenvalue weighted by Crippen LogP contribution is -2.00. The molecular formula is C11H11NO2S2. The molecule has 0 amide bonds. The highest BCUT2D eigenvalue weighted by Crippen LogP contribution is 2.36. The van der Waals surface area contributed by atoms with Crippen LogP contribution in [0.1, 0.15) is 15.2 Å². The zero-order valence-corrected chi connectivity index (χ0v) is 10.6. The molecule has 0 spiro atoms. The number of hydrogen-bond acceptors (Lipinski definition) is 5. The van der Waals surface area contributed by atoms with Gasteiger partial charge in [-0.15, -0.1) is 11.3 Å². The summed E-state index contributed by atoms with van der Waals surface area (Å²) in [5.41, 5.74) is 8.60. The summed E-state index contributed by atoms with van der Waals surface area (Å²) in [4.78, 5) is 12.9. The monoisotopic (exact) mass is 253 g/mol. The molecule has 16 heavy (non-hydrogen) atoms. The third-order valence-corrected chi connectivity index (χ3v) is 4.28. The number of esters is 1. The molecule has 0 aliphatic carbocycles. The lowest BCUT2D eigenvalue weighted by Gasteiger charge is -1.95. The Morgan fingerprint density at radius 3 is 2.75 bits per heavy atom. The summed E-state index contributed by atoms with van der Waals surface area (Å²) in [5.74, 6) is -0.373. The SMILES string of the molecule is COC(=O)c1sc(-c2cscc2C)cc1N. The van der Waals surface area contributed by atoms with Gasteiger partial charge in [0, 0.05) is 10.4 Å². The van der Waals surface area contributed by atoms with Crippen molar-refractivity contribution in [3.05, 3.63) is 27.3 Å². The molecule has 5 heteroatoms. The largest absolute Gasteiger partial charge is 0.465 e. The number of aryl methyl sites for hydroxylation is 1. The Bertz CT molecular complexity index is 528. The third-order valence-electron chi connectivity index (χ3n) is 2.25. The first-order chi connectivity index (χ1) is 7.63. The third kappa shape index (κ3) is 1.83. The van der Waals surface area contributed by atoms with Crippen LogP contribution in [-0.4, -0.2) is 13.1 Å². The van der Waals surface area contributed by atoms with E-state index < -0.39 is 0 Å². The van der Waals surface area contributed by atoms with Crippen molar-refractivity contribution in [3.63, 3.8) is 0 Å². The van der Waals surface area contributed by atoms with Gasteiger partial charge in [0.25, 0.3) is 0 Å². The number of anilines is 1. The van der Waals surface area contributed by atoms with E-state index >= 15 is 0 Å². The van der Waals surface area contributed by atoms with Gasteiger partial charge >= 0.3 is 5.97 Å². The molecule has 0 aliphatic rings. The molecule has 0 atom stereocenters. The summed E-state index contributed by atoms with van der Waals surface area (Å²) < 4.78 is 4.67. The quantitative estimate of drug-likeness (QED) is 0.836. The average molecular weight is 253 g/mol. The summed E-state index contributed by atoms with van der Waals surface area (Å²) >= 11 is 3.01. The van der Waals surface area contributed by atoms with E-state index in [0.717, 1.165) is 10.4 Å². The molecular weight excluding hydrogens is 242 g/mol. The van der Waals surface area contributed by atoms with Crippen LogP contribution in [0.25, 0.3) is 10.4 Å². The van der Waals surface area contributed by atoms with E-state index in [0.29, 0.717) is 10.6 Å². The molecule has 0 radical (unpaired) electrons. The summed E-state index contributed by atoms with van der Waals surface area (Å²) in [5, 5.41) is 4.13. The number of nitrogens with two attached hydrogens (primary N) is 1. The summed E-state index contributed by atoms with van der Waals surface area (Å²) in [7, 11) is 1.36. The van der Waals surface area contributed by atoms with Crippen LogP contribution in [0.4, 0.5) is 5.69 Å². The van der Waals surface area contributed by atoms with Crippen molar-refractivity contribution in [1.29, 1.82) is 0 Å². The normalized spacial score (nSPS) is 10.4. The molecule has 0 unspecified atom stereocenters. The Kier molecular flexibility index (Phi) is 2.98. The first-order valence-corrected chi connectivity index (χ1v) is 6.40. The second-order valence-electron chi connectivity index (χ2n) is 3.36. The van der Waals surface area contributed by atoms with Crippen LogP contribution < -0.4 is 5.73 Å². The van der Waals surface area contributed by atoms with E-state index in [-0.39, 0.29) is 5.97 Å². The minimum absolute atomic E-state index is 0.373. The molecule has 2 N–H and O–H groups in total. The lowest BCUT2D eigenvalue weighted by atomic mass is 10.2. The summed E-state index contributed by atoms with van der Waals surface area (Å²) in [6, 6.07) is 1.83. The lowest BCUT2D eigenvalue weighted by molar-refractivity contribution is 0.0607. The maximum Gasteiger partial charge on any atom is 0.350 e. The highest BCUT2D eigenvalue weighted by molar-refractivity contribution is 7.18. The number of carbonyl (C=O) groups is 1. The molecule has 0 aliphatic heterocycles. The van der Waals surface area contributed by atoms with Crippen molar-refractivity contribution in [1.82, 2.24) is 0 Å². The Morgan fingerprint density at radius 2 is 2.19 bits per heavy atom. The van der Waals surface area contributed by atoms with Crippen molar-refractivity contribution in [2.24, 2.45) is 0 Å². The zero-order chi connectivity index (χ0) is 11.7. The molecule has 0 aromatic carbocycles. The van der Waals surface area contributed by atoms with Gasteiger partial charge in [-0.3, -0.25) is 0 Å². The molecule has 2 aromatic heterocycles. The number of rotatable bonds is 2. The molecule has 2 heterocycles. The first-order valence-electron chi connectivity index (χ1n) is 4.64. The Labute approximate surface area is 101 Å². The zero-order valence-electron chi connectivity index (χ0n) is 8.94. The maximum atomic E-state index is 11.4. The minimum Gasteiger partial charge on any atom is -0.465 e. The predicted molar refractivity (Wildman–Crippen MR) is 68.1 cm³/mol. The molecule has 2 rings (SSSR count). The molecule has 0 saturated heterocycles. The maximum absolute atomic E-state index is 11.4. The van der Waals surface area contributed by atoms with E-state index in [1.165, 1.54) is 24.0 Å². The predicted octanol–water partition coefficient (Wildman–Crippen LogP) is 3.15.